The van der Waals surface area contributed by atoms with Crippen LogP contribution in [0, 0.1) is 13.8 Å². The van der Waals surface area contributed by atoms with Crippen LogP contribution in [0.4, 0.5) is 0 Å². The molecule has 0 saturated carbocycles. The van der Waals surface area contributed by atoms with Crippen LogP contribution in [0.2, 0.25) is 0 Å². The molecule has 0 aliphatic carbocycles. The number of aromatic nitrogens is 2. The summed E-state index contributed by atoms with van der Waals surface area (Å²) in [7, 11) is 1.95. The van der Waals surface area contributed by atoms with Gasteiger partial charge in [-0.2, -0.15) is 5.10 Å². The van der Waals surface area contributed by atoms with Crippen molar-refractivity contribution in [1.82, 2.24) is 20.0 Å². The second kappa shape index (κ2) is 9.87. The van der Waals surface area contributed by atoms with E-state index < -0.39 is 0 Å². The van der Waals surface area contributed by atoms with Crippen molar-refractivity contribution in [1.29, 1.82) is 0 Å². The molecule has 2 aromatic rings. The third kappa shape index (κ3) is 5.44. The van der Waals surface area contributed by atoms with Crippen molar-refractivity contribution in [2.24, 2.45) is 7.05 Å². The van der Waals surface area contributed by atoms with Crippen molar-refractivity contribution < 1.29 is 4.79 Å². The molecule has 1 aromatic heterocycles. The number of likely N-dealkylation sites (tertiary alicyclic amines) is 1. The lowest BCUT2D eigenvalue weighted by Crippen LogP contribution is -2.27. The van der Waals surface area contributed by atoms with Crippen molar-refractivity contribution in [3.8, 4) is 0 Å². The van der Waals surface area contributed by atoms with E-state index in [1.165, 1.54) is 55.5 Å². The summed E-state index contributed by atoms with van der Waals surface area (Å²) in [5.74, 6) is 0.104. The molecule has 1 saturated heterocycles. The minimum absolute atomic E-state index is 0.104. The number of aryl methyl sites for hydroxylation is 2. The van der Waals surface area contributed by atoms with Gasteiger partial charge in [0, 0.05) is 32.3 Å². The van der Waals surface area contributed by atoms with Crippen LogP contribution in [0.3, 0.4) is 0 Å². The fourth-order valence-corrected chi connectivity index (χ4v) is 4.12. The maximum atomic E-state index is 12.4. The number of rotatable bonds is 7. The lowest BCUT2D eigenvalue weighted by atomic mass is 10.1. The van der Waals surface area contributed by atoms with Crippen molar-refractivity contribution in [3.63, 3.8) is 0 Å². The molecular formula is C23H34N4O. The fraction of sp³-hybridized carbons (Fsp3) is 0.565. The molecule has 5 nitrogen and oxygen atoms in total. The third-order valence-corrected chi connectivity index (χ3v) is 5.95. The number of benzene rings is 1. The number of carbonyl (C=O) groups excluding carboxylic acids is 1. The summed E-state index contributed by atoms with van der Waals surface area (Å²) in [6.07, 6.45) is 6.54. The molecule has 3 rings (SSSR count). The Kier molecular flexibility index (Phi) is 7.26. The largest absolute Gasteiger partial charge is 0.352 e. The Bertz CT molecular complexity index is 788. The molecule has 1 aromatic carbocycles. The summed E-state index contributed by atoms with van der Waals surface area (Å²) in [5.41, 5.74) is 5.93. The molecule has 0 spiro atoms. The number of hydrogen-bond acceptors (Lipinski definition) is 3. The summed E-state index contributed by atoms with van der Waals surface area (Å²) in [4.78, 5) is 15.0. The lowest BCUT2D eigenvalue weighted by molar-refractivity contribution is -0.121. The van der Waals surface area contributed by atoms with Crippen LogP contribution >= 0.6 is 0 Å². The SMILES string of the molecule is Cc1nn(C)c(C)c1CCC(=O)NCc1ccccc1CN1CCCCCC1. The van der Waals surface area contributed by atoms with E-state index in [0.717, 1.165) is 24.4 Å². The predicted molar refractivity (Wildman–Crippen MR) is 113 cm³/mol. The molecule has 1 N–H and O–H groups in total. The zero-order valence-electron chi connectivity index (χ0n) is 17.6. The summed E-state index contributed by atoms with van der Waals surface area (Å²) >= 11 is 0. The zero-order valence-corrected chi connectivity index (χ0v) is 17.6. The first-order valence-corrected chi connectivity index (χ1v) is 10.6. The van der Waals surface area contributed by atoms with Gasteiger partial charge in [-0.05, 0) is 62.9 Å². The molecule has 1 amide bonds. The van der Waals surface area contributed by atoms with Gasteiger partial charge in [0.1, 0.15) is 0 Å². The van der Waals surface area contributed by atoms with Crippen LogP contribution in [-0.2, 0) is 31.4 Å². The van der Waals surface area contributed by atoms with Crippen molar-refractivity contribution in [2.75, 3.05) is 13.1 Å². The number of hydrogen-bond donors (Lipinski definition) is 1. The van der Waals surface area contributed by atoms with Gasteiger partial charge in [-0.1, -0.05) is 37.1 Å². The third-order valence-electron chi connectivity index (χ3n) is 5.95. The highest BCUT2D eigenvalue weighted by Crippen LogP contribution is 2.17. The van der Waals surface area contributed by atoms with E-state index in [-0.39, 0.29) is 5.91 Å². The first-order valence-electron chi connectivity index (χ1n) is 10.6. The number of nitrogens with zero attached hydrogens (tertiary/aromatic N) is 3. The molecule has 28 heavy (non-hydrogen) atoms. The highest BCUT2D eigenvalue weighted by atomic mass is 16.1. The number of amides is 1. The van der Waals surface area contributed by atoms with E-state index in [1.807, 2.05) is 18.7 Å². The molecule has 5 heteroatoms. The van der Waals surface area contributed by atoms with Crippen molar-refractivity contribution in [2.45, 2.75) is 65.5 Å². The van der Waals surface area contributed by atoms with Gasteiger partial charge < -0.3 is 5.32 Å². The molecule has 152 valence electrons. The molecule has 0 unspecified atom stereocenters. The van der Waals surface area contributed by atoms with Gasteiger partial charge in [-0.25, -0.2) is 0 Å². The van der Waals surface area contributed by atoms with E-state index in [9.17, 15) is 4.79 Å². The van der Waals surface area contributed by atoms with Crippen LogP contribution in [0.1, 0.15) is 60.2 Å². The Hall–Kier alpha value is -2.14. The monoisotopic (exact) mass is 382 g/mol. The summed E-state index contributed by atoms with van der Waals surface area (Å²) in [6.45, 7) is 8.04. The Morgan fingerprint density at radius 3 is 2.39 bits per heavy atom. The van der Waals surface area contributed by atoms with E-state index in [0.29, 0.717) is 13.0 Å². The number of carbonyl (C=O) groups is 1. The Balaban J connectivity index is 1.53. The molecule has 2 heterocycles. The standard InChI is InChI=1S/C23H34N4O/c1-18-22(19(2)26(3)25-18)12-13-23(28)24-16-20-10-6-7-11-21(20)17-27-14-8-4-5-9-15-27/h6-7,10-11H,4-5,8-9,12-17H2,1-3H3,(H,24,28). The molecule has 0 atom stereocenters. The normalized spacial score (nSPS) is 15.4. The quantitative estimate of drug-likeness (QED) is 0.795. The average molecular weight is 383 g/mol. The van der Waals surface area contributed by atoms with Gasteiger partial charge in [0.05, 0.1) is 5.69 Å². The fourth-order valence-electron chi connectivity index (χ4n) is 4.12. The van der Waals surface area contributed by atoms with Gasteiger partial charge in [-0.15, -0.1) is 0 Å². The lowest BCUT2D eigenvalue weighted by Gasteiger charge is -2.21. The smallest absolute Gasteiger partial charge is 0.220 e. The van der Waals surface area contributed by atoms with Crippen LogP contribution in [0.15, 0.2) is 24.3 Å². The zero-order chi connectivity index (χ0) is 19.9. The summed E-state index contributed by atoms with van der Waals surface area (Å²) in [6, 6.07) is 8.51. The molecular weight excluding hydrogens is 348 g/mol. The van der Waals surface area contributed by atoms with Crippen LogP contribution < -0.4 is 5.32 Å². The van der Waals surface area contributed by atoms with Crippen LogP contribution in [-0.4, -0.2) is 33.7 Å². The highest BCUT2D eigenvalue weighted by molar-refractivity contribution is 5.76. The van der Waals surface area contributed by atoms with E-state index in [2.05, 4.69) is 46.5 Å². The first kappa shape index (κ1) is 20.6. The highest BCUT2D eigenvalue weighted by Gasteiger charge is 2.13. The van der Waals surface area contributed by atoms with Crippen molar-refractivity contribution >= 4 is 5.91 Å². The second-order valence-electron chi connectivity index (χ2n) is 8.01. The van der Waals surface area contributed by atoms with Crippen LogP contribution in [0.25, 0.3) is 0 Å². The predicted octanol–water partition coefficient (Wildman–Crippen LogP) is 3.66. The average Bonchev–Trinajstić information content (AvgIpc) is 2.86. The summed E-state index contributed by atoms with van der Waals surface area (Å²) < 4.78 is 1.89. The van der Waals surface area contributed by atoms with E-state index in [4.69, 9.17) is 0 Å². The minimum Gasteiger partial charge on any atom is -0.352 e. The maximum Gasteiger partial charge on any atom is 0.220 e. The van der Waals surface area contributed by atoms with Gasteiger partial charge in [0.2, 0.25) is 5.91 Å². The number of nitrogens with one attached hydrogen (secondary N) is 1. The van der Waals surface area contributed by atoms with E-state index in [1.54, 1.807) is 0 Å². The topological polar surface area (TPSA) is 50.2 Å². The van der Waals surface area contributed by atoms with Gasteiger partial charge >= 0.3 is 0 Å². The van der Waals surface area contributed by atoms with Crippen LogP contribution in [0.5, 0.6) is 0 Å². The summed E-state index contributed by atoms with van der Waals surface area (Å²) in [5, 5.41) is 7.56. The van der Waals surface area contributed by atoms with Gasteiger partial charge in [0.25, 0.3) is 0 Å². The molecule has 1 aliphatic rings. The Morgan fingerprint density at radius 2 is 1.75 bits per heavy atom. The Morgan fingerprint density at radius 1 is 1.07 bits per heavy atom. The Labute approximate surface area is 169 Å². The van der Waals surface area contributed by atoms with Gasteiger partial charge in [0.15, 0.2) is 0 Å². The maximum absolute atomic E-state index is 12.4. The molecule has 0 radical (unpaired) electrons. The molecule has 0 bridgehead atoms. The molecule has 1 fully saturated rings. The van der Waals surface area contributed by atoms with E-state index >= 15 is 0 Å². The van der Waals surface area contributed by atoms with Gasteiger partial charge in [-0.3, -0.25) is 14.4 Å². The second-order valence-corrected chi connectivity index (χ2v) is 8.01. The van der Waals surface area contributed by atoms with Crippen molar-refractivity contribution in [3.05, 3.63) is 52.3 Å². The first-order chi connectivity index (χ1) is 13.5. The minimum atomic E-state index is 0.104. The molecule has 1 aliphatic heterocycles.